The van der Waals surface area contributed by atoms with E-state index in [4.69, 9.17) is 0 Å². The lowest BCUT2D eigenvalue weighted by Gasteiger charge is -2.12. The third-order valence-electron chi connectivity index (χ3n) is 4.11. The lowest BCUT2D eigenvalue weighted by molar-refractivity contribution is -0.787. The molecule has 0 unspecified atom stereocenters. The van der Waals surface area contributed by atoms with Crippen LogP contribution in [0.25, 0.3) is 0 Å². The number of carbonyl (C=O) groups excluding carboxylic acids is 1. The third-order valence-corrected chi connectivity index (χ3v) is 5.37. The standard InChI is InChI=1S/C12H16NOS/c1-6(14)12-8-5-9-11(13(9,3)4)10(8)7(2)15-12/h9,11H,5H2,1-4H3/q+1/t9-,11-/m1/s1. The topological polar surface area (TPSA) is 17.1 Å². The molecule has 0 aromatic carbocycles. The van der Waals surface area contributed by atoms with Crippen LogP contribution in [0.4, 0.5) is 0 Å². The number of Topliss-reactive ketones (excluding diaryl/α,β-unsaturated/α-hetero) is 1. The number of hydrogen-bond donors (Lipinski definition) is 0. The van der Waals surface area contributed by atoms with Gasteiger partial charge >= 0.3 is 0 Å². The second-order valence-electron chi connectivity index (χ2n) is 5.28. The Morgan fingerprint density at radius 2 is 2.13 bits per heavy atom. The molecule has 1 fully saturated rings. The minimum atomic E-state index is 0.246. The van der Waals surface area contributed by atoms with Gasteiger partial charge in [-0.05, 0) is 19.4 Å². The normalized spacial score (nSPS) is 29.9. The summed E-state index contributed by atoms with van der Waals surface area (Å²) in [6, 6.07) is 1.43. The first-order chi connectivity index (χ1) is 6.94. The molecule has 1 saturated heterocycles. The van der Waals surface area contributed by atoms with Crippen LogP contribution in [0.2, 0.25) is 0 Å². The number of thiophene rings is 1. The third kappa shape index (κ3) is 1.00. The van der Waals surface area contributed by atoms with Crippen LogP contribution in [0.5, 0.6) is 0 Å². The maximum absolute atomic E-state index is 11.5. The number of fused-ring (bicyclic) bond motifs is 3. The van der Waals surface area contributed by atoms with E-state index < -0.39 is 0 Å². The molecule has 2 aliphatic rings. The highest BCUT2D eigenvalue weighted by Crippen LogP contribution is 2.59. The van der Waals surface area contributed by atoms with Crippen molar-refractivity contribution in [3.05, 3.63) is 20.9 Å². The average molecular weight is 222 g/mol. The quantitative estimate of drug-likeness (QED) is 0.405. The van der Waals surface area contributed by atoms with Crippen molar-refractivity contribution in [3.63, 3.8) is 0 Å². The Balaban J connectivity index is 2.14. The number of aryl methyl sites for hydroxylation is 1. The van der Waals surface area contributed by atoms with Crippen LogP contribution in [0.15, 0.2) is 0 Å². The van der Waals surface area contributed by atoms with E-state index in [2.05, 4.69) is 21.0 Å². The fourth-order valence-electron chi connectivity index (χ4n) is 3.21. The van der Waals surface area contributed by atoms with Gasteiger partial charge in [0, 0.05) is 16.9 Å². The molecule has 1 aliphatic carbocycles. The SMILES string of the molecule is CC(=O)c1sc(C)c2c1C[C@@H]1[C@H]2[N+]1(C)C. The van der Waals surface area contributed by atoms with Gasteiger partial charge in [-0.15, -0.1) is 11.3 Å². The van der Waals surface area contributed by atoms with E-state index in [0.717, 1.165) is 21.8 Å². The molecule has 0 saturated carbocycles. The van der Waals surface area contributed by atoms with Crippen LogP contribution in [-0.2, 0) is 6.42 Å². The average Bonchev–Trinajstić information content (AvgIpc) is 2.54. The summed E-state index contributed by atoms with van der Waals surface area (Å²) < 4.78 is 1.13. The predicted octanol–water partition coefficient (Wildman–Crippen LogP) is 2.31. The second-order valence-corrected chi connectivity index (χ2v) is 6.51. The van der Waals surface area contributed by atoms with E-state index in [0.29, 0.717) is 6.04 Å². The Kier molecular flexibility index (Phi) is 1.61. The van der Waals surface area contributed by atoms with Gasteiger partial charge in [-0.2, -0.15) is 0 Å². The zero-order valence-corrected chi connectivity index (χ0v) is 10.4. The number of nitrogens with zero attached hydrogens (tertiary/aromatic N) is 1. The molecule has 15 heavy (non-hydrogen) atoms. The Morgan fingerprint density at radius 1 is 1.47 bits per heavy atom. The second kappa shape index (κ2) is 2.53. The lowest BCUT2D eigenvalue weighted by atomic mass is 10.1. The van der Waals surface area contributed by atoms with E-state index in [1.165, 1.54) is 16.0 Å². The molecule has 80 valence electrons. The Bertz CT molecular complexity index is 472. The minimum Gasteiger partial charge on any atom is -0.309 e. The summed E-state index contributed by atoms with van der Waals surface area (Å²) in [5.41, 5.74) is 2.87. The zero-order valence-electron chi connectivity index (χ0n) is 9.63. The van der Waals surface area contributed by atoms with Gasteiger partial charge in [-0.1, -0.05) is 0 Å². The van der Waals surface area contributed by atoms with Gasteiger partial charge in [0.05, 0.1) is 19.0 Å². The highest BCUT2D eigenvalue weighted by atomic mass is 32.1. The molecule has 0 N–H and O–H groups in total. The smallest absolute Gasteiger partial charge is 0.170 e. The number of rotatable bonds is 1. The van der Waals surface area contributed by atoms with E-state index in [9.17, 15) is 4.79 Å². The minimum absolute atomic E-state index is 0.246. The number of hydrogen-bond acceptors (Lipinski definition) is 2. The molecule has 1 aromatic rings. The molecule has 2 nitrogen and oxygen atoms in total. The van der Waals surface area contributed by atoms with Gasteiger partial charge < -0.3 is 4.48 Å². The van der Waals surface area contributed by atoms with Crippen molar-refractivity contribution in [3.8, 4) is 0 Å². The number of likely N-dealkylation sites (N-methyl/N-ethyl adjacent to an activating group) is 1. The van der Waals surface area contributed by atoms with Crippen LogP contribution < -0.4 is 0 Å². The molecule has 1 aliphatic heterocycles. The zero-order chi connectivity index (χ0) is 11.0. The molecule has 3 heteroatoms. The molecule has 2 heterocycles. The monoisotopic (exact) mass is 222 g/mol. The first kappa shape index (κ1) is 9.55. The molecular formula is C12H16NOS+. The van der Waals surface area contributed by atoms with Gasteiger partial charge in [0.15, 0.2) is 17.9 Å². The van der Waals surface area contributed by atoms with E-state index in [-0.39, 0.29) is 5.78 Å². The molecule has 0 amide bonds. The van der Waals surface area contributed by atoms with Gasteiger partial charge in [0.1, 0.15) is 0 Å². The van der Waals surface area contributed by atoms with Crippen molar-refractivity contribution in [2.24, 2.45) is 0 Å². The number of carbonyl (C=O) groups is 1. The highest BCUT2D eigenvalue weighted by molar-refractivity contribution is 7.14. The molecule has 0 bridgehead atoms. The lowest BCUT2D eigenvalue weighted by Crippen LogP contribution is -2.21. The fraction of sp³-hybridized carbons (Fsp3) is 0.583. The summed E-state index contributed by atoms with van der Waals surface area (Å²) in [6.07, 6.45) is 1.12. The summed E-state index contributed by atoms with van der Waals surface area (Å²) in [4.78, 5) is 13.9. The summed E-state index contributed by atoms with van der Waals surface area (Å²) >= 11 is 1.70. The van der Waals surface area contributed by atoms with Crippen LogP contribution in [0.1, 0.15) is 38.6 Å². The van der Waals surface area contributed by atoms with Crippen LogP contribution in [0, 0.1) is 6.92 Å². The molecule has 0 radical (unpaired) electrons. The Labute approximate surface area is 94.1 Å². The van der Waals surface area contributed by atoms with Crippen LogP contribution in [-0.4, -0.2) is 30.4 Å². The Hall–Kier alpha value is -0.670. The number of quaternary nitrogens is 1. The number of ketones is 1. The molecular weight excluding hydrogens is 206 g/mol. The Morgan fingerprint density at radius 3 is 2.73 bits per heavy atom. The van der Waals surface area contributed by atoms with Gasteiger partial charge in [0.2, 0.25) is 0 Å². The molecule has 1 aromatic heterocycles. The van der Waals surface area contributed by atoms with Crippen molar-refractivity contribution in [2.45, 2.75) is 32.4 Å². The van der Waals surface area contributed by atoms with Crippen molar-refractivity contribution in [2.75, 3.05) is 14.1 Å². The van der Waals surface area contributed by atoms with Gasteiger partial charge in [-0.25, -0.2) is 0 Å². The summed E-state index contributed by atoms with van der Waals surface area (Å²) in [5.74, 6) is 0.246. The maximum Gasteiger partial charge on any atom is 0.170 e. The molecule has 2 atom stereocenters. The largest absolute Gasteiger partial charge is 0.309 e. The molecule has 0 spiro atoms. The van der Waals surface area contributed by atoms with Crippen molar-refractivity contribution < 1.29 is 9.28 Å². The fourth-order valence-corrected chi connectivity index (χ4v) is 4.33. The van der Waals surface area contributed by atoms with E-state index in [1.807, 2.05) is 0 Å². The summed E-state index contributed by atoms with van der Waals surface area (Å²) in [7, 11) is 4.59. The van der Waals surface area contributed by atoms with Crippen LogP contribution in [0.3, 0.4) is 0 Å². The highest BCUT2D eigenvalue weighted by Gasteiger charge is 2.66. The molecule has 3 rings (SSSR count). The predicted molar refractivity (Wildman–Crippen MR) is 61.4 cm³/mol. The van der Waals surface area contributed by atoms with Crippen molar-refractivity contribution >= 4 is 17.1 Å². The first-order valence-electron chi connectivity index (χ1n) is 5.41. The van der Waals surface area contributed by atoms with Gasteiger partial charge in [0.25, 0.3) is 0 Å². The summed E-state index contributed by atoms with van der Waals surface area (Å²) in [5, 5.41) is 0. The van der Waals surface area contributed by atoms with Crippen molar-refractivity contribution in [1.29, 1.82) is 0 Å². The van der Waals surface area contributed by atoms with E-state index >= 15 is 0 Å². The first-order valence-corrected chi connectivity index (χ1v) is 6.22. The van der Waals surface area contributed by atoms with Gasteiger partial charge in [-0.3, -0.25) is 4.79 Å². The van der Waals surface area contributed by atoms with E-state index in [1.54, 1.807) is 18.3 Å². The summed E-state index contributed by atoms with van der Waals surface area (Å²) in [6.45, 7) is 3.85. The van der Waals surface area contributed by atoms with Crippen molar-refractivity contribution in [1.82, 2.24) is 0 Å². The van der Waals surface area contributed by atoms with Crippen LogP contribution >= 0.6 is 11.3 Å². The maximum atomic E-state index is 11.5.